The Labute approximate surface area is 147 Å². The summed E-state index contributed by atoms with van der Waals surface area (Å²) in [6, 6.07) is 17.1. The first-order valence-corrected chi connectivity index (χ1v) is 9.37. The van der Waals surface area contributed by atoms with Crippen LogP contribution in [0.3, 0.4) is 0 Å². The van der Waals surface area contributed by atoms with Crippen molar-refractivity contribution in [1.82, 2.24) is 3.97 Å². The van der Waals surface area contributed by atoms with Crippen LogP contribution in [0.1, 0.15) is 32.9 Å². The average Bonchev–Trinajstić information content (AvgIpc) is 2.90. The van der Waals surface area contributed by atoms with E-state index in [1.165, 1.54) is 0 Å². The van der Waals surface area contributed by atoms with E-state index in [1.807, 2.05) is 13.0 Å². The third-order valence-electron chi connectivity index (χ3n) is 4.13. The first-order chi connectivity index (χ1) is 11.8. The van der Waals surface area contributed by atoms with Gasteiger partial charge in [-0.15, -0.1) is 0 Å². The molecule has 5 heteroatoms. The van der Waals surface area contributed by atoms with Gasteiger partial charge in [-0.25, -0.2) is 12.4 Å². The summed E-state index contributed by atoms with van der Waals surface area (Å²) in [5, 5.41) is 0. The number of carbonyl (C=O) groups is 1. The number of aromatic nitrogens is 1. The predicted octanol–water partition coefficient (Wildman–Crippen LogP) is 3.88. The summed E-state index contributed by atoms with van der Waals surface area (Å²) in [4.78, 5) is 13.1. The molecule has 0 atom stereocenters. The molecule has 0 amide bonds. The summed E-state index contributed by atoms with van der Waals surface area (Å²) in [5.41, 5.74) is 2.77. The second-order valence-electron chi connectivity index (χ2n) is 6.09. The second-order valence-corrected chi connectivity index (χ2v) is 7.88. The van der Waals surface area contributed by atoms with Crippen LogP contribution >= 0.6 is 0 Å². The highest BCUT2D eigenvalue weighted by Gasteiger charge is 2.27. The Kier molecular flexibility index (Phi) is 4.35. The minimum atomic E-state index is -3.85. The van der Waals surface area contributed by atoms with Crippen LogP contribution in [0.2, 0.25) is 0 Å². The van der Waals surface area contributed by atoms with E-state index >= 15 is 0 Å². The zero-order valence-corrected chi connectivity index (χ0v) is 15.2. The quantitative estimate of drug-likeness (QED) is 0.669. The molecule has 0 bridgehead atoms. The maximum Gasteiger partial charge on any atom is 0.268 e. The molecule has 2 aromatic carbocycles. The Hall–Kier alpha value is -2.66. The maximum absolute atomic E-state index is 13.1. The van der Waals surface area contributed by atoms with Crippen molar-refractivity contribution < 1.29 is 13.2 Å². The smallest absolute Gasteiger partial charge is 0.268 e. The van der Waals surface area contributed by atoms with Crippen LogP contribution in [-0.2, 0) is 10.0 Å². The third-order valence-corrected chi connectivity index (χ3v) is 5.95. The van der Waals surface area contributed by atoms with E-state index in [1.54, 1.807) is 68.4 Å². The first-order valence-electron chi connectivity index (χ1n) is 7.93. The normalized spacial score (nSPS) is 11.5. The molecule has 3 aromatic rings. The largest absolute Gasteiger partial charge is 0.287 e. The fraction of sp³-hybridized carbons (Fsp3) is 0.150. The van der Waals surface area contributed by atoms with Crippen molar-refractivity contribution in [2.24, 2.45) is 0 Å². The zero-order valence-electron chi connectivity index (χ0n) is 14.4. The number of benzene rings is 2. The van der Waals surface area contributed by atoms with E-state index in [4.69, 9.17) is 0 Å². The number of hydrogen-bond acceptors (Lipinski definition) is 3. The number of ketones is 1. The molecule has 3 rings (SSSR count). The van der Waals surface area contributed by atoms with E-state index in [0.717, 1.165) is 9.54 Å². The highest BCUT2D eigenvalue weighted by Crippen LogP contribution is 2.25. The monoisotopic (exact) mass is 353 g/mol. The Bertz CT molecular complexity index is 1030. The molecule has 0 fully saturated rings. The van der Waals surface area contributed by atoms with Crippen molar-refractivity contribution in [3.05, 3.63) is 88.7 Å². The van der Waals surface area contributed by atoms with Crippen LogP contribution in [0.25, 0.3) is 0 Å². The fourth-order valence-corrected chi connectivity index (χ4v) is 4.49. The summed E-state index contributed by atoms with van der Waals surface area (Å²) in [5.74, 6) is -0.304. The molecular weight excluding hydrogens is 334 g/mol. The standard InChI is InChI=1S/C20H19NO3S/c1-14-9-11-18(12-10-14)25(23,24)21-16(3)13-15(2)19(21)20(22)17-7-5-4-6-8-17/h4-13H,1-3H3. The molecule has 0 aliphatic heterocycles. The average molecular weight is 353 g/mol. The van der Waals surface area contributed by atoms with Gasteiger partial charge < -0.3 is 0 Å². The molecule has 0 saturated carbocycles. The summed E-state index contributed by atoms with van der Waals surface area (Å²) < 4.78 is 27.4. The van der Waals surface area contributed by atoms with Crippen LogP contribution in [0.5, 0.6) is 0 Å². The van der Waals surface area contributed by atoms with E-state index in [9.17, 15) is 13.2 Å². The molecule has 128 valence electrons. The van der Waals surface area contributed by atoms with Gasteiger partial charge in [-0.3, -0.25) is 4.79 Å². The molecule has 0 N–H and O–H groups in total. The van der Waals surface area contributed by atoms with Crippen LogP contribution in [0.15, 0.2) is 65.6 Å². The lowest BCUT2D eigenvalue weighted by Gasteiger charge is -2.13. The van der Waals surface area contributed by atoms with Gasteiger partial charge in [-0.2, -0.15) is 0 Å². The molecule has 0 unspecified atom stereocenters. The highest BCUT2D eigenvalue weighted by atomic mass is 32.2. The molecule has 0 aliphatic carbocycles. The van der Waals surface area contributed by atoms with Gasteiger partial charge in [0.2, 0.25) is 5.78 Å². The van der Waals surface area contributed by atoms with Crippen LogP contribution < -0.4 is 0 Å². The molecule has 0 radical (unpaired) electrons. The van der Waals surface area contributed by atoms with E-state index in [0.29, 0.717) is 16.8 Å². The Morgan fingerprint density at radius 3 is 2.08 bits per heavy atom. The molecule has 0 saturated heterocycles. The molecule has 4 nitrogen and oxygen atoms in total. The molecule has 25 heavy (non-hydrogen) atoms. The fourth-order valence-electron chi connectivity index (χ4n) is 2.90. The lowest BCUT2D eigenvalue weighted by Crippen LogP contribution is -2.20. The van der Waals surface area contributed by atoms with Crippen LogP contribution in [0, 0.1) is 20.8 Å². The van der Waals surface area contributed by atoms with Crippen molar-refractivity contribution in [2.45, 2.75) is 25.7 Å². The van der Waals surface area contributed by atoms with Crippen molar-refractivity contribution in [2.75, 3.05) is 0 Å². The Balaban J connectivity index is 2.21. The lowest BCUT2D eigenvalue weighted by atomic mass is 10.1. The van der Waals surface area contributed by atoms with Gasteiger partial charge in [0, 0.05) is 11.3 Å². The number of nitrogens with zero attached hydrogens (tertiary/aromatic N) is 1. The van der Waals surface area contributed by atoms with Gasteiger partial charge >= 0.3 is 0 Å². The predicted molar refractivity (Wildman–Crippen MR) is 97.5 cm³/mol. The van der Waals surface area contributed by atoms with Crippen molar-refractivity contribution in [3.8, 4) is 0 Å². The van der Waals surface area contributed by atoms with Crippen LogP contribution in [-0.4, -0.2) is 18.2 Å². The SMILES string of the molecule is Cc1ccc(S(=O)(=O)n2c(C)cc(C)c2C(=O)c2ccccc2)cc1. The van der Waals surface area contributed by atoms with Crippen molar-refractivity contribution in [1.29, 1.82) is 0 Å². The van der Waals surface area contributed by atoms with Gasteiger partial charge in [0.1, 0.15) is 5.69 Å². The molecule has 1 heterocycles. The van der Waals surface area contributed by atoms with Gasteiger partial charge in [0.15, 0.2) is 0 Å². The van der Waals surface area contributed by atoms with Crippen LogP contribution in [0.4, 0.5) is 0 Å². The highest BCUT2D eigenvalue weighted by molar-refractivity contribution is 7.90. The van der Waals surface area contributed by atoms with Gasteiger partial charge in [-0.1, -0.05) is 48.0 Å². The van der Waals surface area contributed by atoms with E-state index < -0.39 is 10.0 Å². The Morgan fingerprint density at radius 2 is 1.48 bits per heavy atom. The zero-order chi connectivity index (χ0) is 18.2. The van der Waals surface area contributed by atoms with Gasteiger partial charge in [0.05, 0.1) is 4.90 Å². The van der Waals surface area contributed by atoms with E-state index in [-0.39, 0.29) is 16.4 Å². The summed E-state index contributed by atoms with van der Waals surface area (Å²) in [6.45, 7) is 5.34. The summed E-state index contributed by atoms with van der Waals surface area (Å²) in [7, 11) is -3.85. The maximum atomic E-state index is 13.1. The Morgan fingerprint density at radius 1 is 0.880 bits per heavy atom. The van der Waals surface area contributed by atoms with E-state index in [2.05, 4.69) is 0 Å². The molecule has 1 aromatic heterocycles. The molecule has 0 spiro atoms. The number of aryl methyl sites for hydroxylation is 3. The second kappa shape index (κ2) is 6.33. The van der Waals surface area contributed by atoms with Crippen molar-refractivity contribution in [3.63, 3.8) is 0 Å². The first kappa shape index (κ1) is 17.2. The summed E-state index contributed by atoms with van der Waals surface area (Å²) in [6.07, 6.45) is 0. The lowest BCUT2D eigenvalue weighted by molar-refractivity contribution is 0.103. The van der Waals surface area contributed by atoms with Crippen molar-refractivity contribution >= 4 is 15.8 Å². The topological polar surface area (TPSA) is 56.1 Å². The number of carbonyl (C=O) groups excluding carboxylic acids is 1. The van der Waals surface area contributed by atoms with Gasteiger partial charge in [0.25, 0.3) is 10.0 Å². The number of rotatable bonds is 4. The molecule has 0 aliphatic rings. The summed E-state index contributed by atoms with van der Waals surface area (Å²) >= 11 is 0. The third kappa shape index (κ3) is 3.03. The minimum absolute atomic E-state index is 0.166. The minimum Gasteiger partial charge on any atom is -0.287 e. The molecular formula is C20H19NO3S. The number of hydrogen-bond donors (Lipinski definition) is 0. The van der Waals surface area contributed by atoms with Gasteiger partial charge in [-0.05, 0) is 44.5 Å².